The SMILES string of the molecule is CC(C)[C@@H]1CC[C@@H](C)C[C@H]1OC(=O)c1nnsc1SCc1ccccc1. The van der Waals surface area contributed by atoms with Crippen LogP contribution in [-0.2, 0) is 10.5 Å². The number of aromatic nitrogens is 2. The predicted octanol–water partition coefficient (Wildman–Crippen LogP) is 5.45. The third kappa shape index (κ3) is 4.86. The summed E-state index contributed by atoms with van der Waals surface area (Å²) in [5, 5.41) is 4.06. The van der Waals surface area contributed by atoms with Crippen LogP contribution in [0.15, 0.2) is 34.5 Å². The molecule has 1 aromatic heterocycles. The summed E-state index contributed by atoms with van der Waals surface area (Å²) in [6.07, 6.45) is 3.27. The third-order valence-corrected chi connectivity index (χ3v) is 7.12. The van der Waals surface area contributed by atoms with Gasteiger partial charge in [0.25, 0.3) is 0 Å². The second kappa shape index (κ2) is 9.00. The molecule has 4 nitrogen and oxygen atoms in total. The molecule has 140 valence electrons. The van der Waals surface area contributed by atoms with E-state index in [0.717, 1.165) is 22.8 Å². The maximum absolute atomic E-state index is 12.7. The van der Waals surface area contributed by atoms with Gasteiger partial charge in [-0.3, -0.25) is 0 Å². The van der Waals surface area contributed by atoms with Gasteiger partial charge in [0.15, 0.2) is 5.69 Å². The van der Waals surface area contributed by atoms with Crippen molar-refractivity contribution in [2.75, 3.05) is 0 Å². The molecule has 1 aliphatic rings. The number of hydrogen-bond donors (Lipinski definition) is 0. The first kappa shape index (κ1) is 19.4. The van der Waals surface area contributed by atoms with Crippen molar-refractivity contribution in [2.45, 2.75) is 56.1 Å². The number of nitrogens with zero attached hydrogens (tertiary/aromatic N) is 2. The van der Waals surface area contributed by atoms with Crippen LogP contribution in [0.1, 0.15) is 56.1 Å². The first-order chi connectivity index (χ1) is 12.5. The minimum absolute atomic E-state index is 0.0140. The fourth-order valence-electron chi connectivity index (χ4n) is 3.57. The van der Waals surface area contributed by atoms with Crippen LogP contribution in [0.2, 0.25) is 0 Å². The largest absolute Gasteiger partial charge is 0.457 e. The highest BCUT2D eigenvalue weighted by Crippen LogP contribution is 2.36. The fourth-order valence-corrected chi connectivity index (χ4v) is 5.21. The molecule has 0 unspecified atom stereocenters. The first-order valence-electron chi connectivity index (χ1n) is 9.24. The van der Waals surface area contributed by atoms with Gasteiger partial charge in [-0.25, -0.2) is 4.79 Å². The molecule has 0 bridgehead atoms. The van der Waals surface area contributed by atoms with E-state index in [0.29, 0.717) is 23.4 Å². The molecular formula is C20H26N2O2S2. The lowest BCUT2D eigenvalue weighted by Crippen LogP contribution is -2.36. The Morgan fingerprint density at radius 1 is 1.31 bits per heavy atom. The molecule has 0 saturated heterocycles. The van der Waals surface area contributed by atoms with E-state index in [4.69, 9.17) is 4.74 Å². The van der Waals surface area contributed by atoms with Gasteiger partial charge in [0.05, 0.1) is 0 Å². The van der Waals surface area contributed by atoms with Crippen LogP contribution in [-0.4, -0.2) is 21.7 Å². The van der Waals surface area contributed by atoms with E-state index in [1.54, 1.807) is 11.8 Å². The van der Waals surface area contributed by atoms with Crippen LogP contribution in [0.3, 0.4) is 0 Å². The molecule has 26 heavy (non-hydrogen) atoms. The zero-order chi connectivity index (χ0) is 18.5. The van der Waals surface area contributed by atoms with Crippen LogP contribution in [0.4, 0.5) is 0 Å². The molecule has 2 aromatic rings. The van der Waals surface area contributed by atoms with Crippen molar-refractivity contribution in [1.29, 1.82) is 0 Å². The highest BCUT2D eigenvalue weighted by atomic mass is 32.2. The smallest absolute Gasteiger partial charge is 0.361 e. The number of carbonyl (C=O) groups is 1. The topological polar surface area (TPSA) is 52.1 Å². The van der Waals surface area contributed by atoms with E-state index in [1.165, 1.54) is 23.5 Å². The van der Waals surface area contributed by atoms with Gasteiger partial charge in [0, 0.05) is 5.75 Å². The molecule has 1 aromatic carbocycles. The van der Waals surface area contributed by atoms with Gasteiger partial charge >= 0.3 is 5.97 Å². The van der Waals surface area contributed by atoms with Crippen molar-refractivity contribution in [1.82, 2.24) is 9.59 Å². The Morgan fingerprint density at radius 2 is 2.08 bits per heavy atom. The lowest BCUT2D eigenvalue weighted by atomic mass is 9.75. The van der Waals surface area contributed by atoms with Gasteiger partial charge in [-0.1, -0.05) is 62.0 Å². The Kier molecular flexibility index (Phi) is 6.70. The molecule has 1 aliphatic carbocycles. The van der Waals surface area contributed by atoms with Crippen molar-refractivity contribution < 1.29 is 9.53 Å². The summed E-state index contributed by atoms with van der Waals surface area (Å²) < 4.78 is 10.7. The predicted molar refractivity (Wildman–Crippen MR) is 106 cm³/mol. The molecule has 0 N–H and O–H groups in total. The molecule has 3 atom stereocenters. The van der Waals surface area contributed by atoms with Crippen LogP contribution in [0, 0.1) is 17.8 Å². The van der Waals surface area contributed by atoms with Crippen LogP contribution in [0.5, 0.6) is 0 Å². The Balaban J connectivity index is 1.65. The number of ether oxygens (including phenoxy) is 1. The molecule has 0 radical (unpaired) electrons. The second-order valence-electron chi connectivity index (χ2n) is 7.45. The summed E-state index contributed by atoms with van der Waals surface area (Å²) in [5.41, 5.74) is 1.59. The molecule has 1 fully saturated rings. The average Bonchev–Trinajstić information content (AvgIpc) is 3.09. The van der Waals surface area contributed by atoms with Gasteiger partial charge < -0.3 is 4.74 Å². The molecule has 6 heteroatoms. The lowest BCUT2D eigenvalue weighted by molar-refractivity contribution is -0.0181. The number of benzene rings is 1. The quantitative estimate of drug-likeness (QED) is 0.485. The van der Waals surface area contributed by atoms with Crippen molar-refractivity contribution >= 4 is 29.3 Å². The maximum Gasteiger partial charge on any atom is 0.361 e. The van der Waals surface area contributed by atoms with Gasteiger partial charge in [-0.15, -0.1) is 16.9 Å². The fraction of sp³-hybridized carbons (Fsp3) is 0.550. The summed E-state index contributed by atoms with van der Waals surface area (Å²) in [4.78, 5) is 12.7. The minimum atomic E-state index is -0.320. The van der Waals surface area contributed by atoms with Gasteiger partial charge in [0.2, 0.25) is 0 Å². The van der Waals surface area contributed by atoms with Gasteiger partial charge in [-0.05, 0) is 47.7 Å². The number of carbonyl (C=O) groups excluding carboxylic acids is 1. The van der Waals surface area contributed by atoms with E-state index >= 15 is 0 Å². The second-order valence-corrected chi connectivity index (χ2v) is 9.45. The van der Waals surface area contributed by atoms with E-state index < -0.39 is 0 Å². The Morgan fingerprint density at radius 3 is 2.81 bits per heavy atom. The summed E-state index contributed by atoms with van der Waals surface area (Å²) in [7, 11) is 0. The normalized spacial score (nSPS) is 23.2. The molecule has 0 spiro atoms. The standard InChI is InChI=1S/C20H26N2O2S2/c1-13(2)16-10-9-14(3)11-17(16)24-19(23)18-20(26-22-21-18)25-12-15-7-5-4-6-8-15/h4-8,13-14,16-17H,9-12H2,1-3H3/t14-,16+,17-/m1/s1. The van der Waals surface area contributed by atoms with E-state index in [-0.39, 0.29) is 12.1 Å². The molecule has 1 heterocycles. The Labute approximate surface area is 163 Å². The van der Waals surface area contributed by atoms with Crippen molar-refractivity contribution in [3.8, 4) is 0 Å². The minimum Gasteiger partial charge on any atom is -0.457 e. The molecule has 1 saturated carbocycles. The average molecular weight is 391 g/mol. The van der Waals surface area contributed by atoms with Gasteiger partial charge in [0.1, 0.15) is 10.3 Å². The highest BCUT2D eigenvalue weighted by Gasteiger charge is 2.34. The number of rotatable bonds is 6. The summed E-state index contributed by atoms with van der Waals surface area (Å²) in [6, 6.07) is 10.2. The molecule has 0 amide bonds. The Hall–Kier alpha value is -1.40. The zero-order valence-corrected chi connectivity index (χ0v) is 17.2. The maximum atomic E-state index is 12.7. The Bertz CT molecular complexity index is 718. The van der Waals surface area contributed by atoms with Crippen molar-refractivity contribution in [2.24, 2.45) is 17.8 Å². The van der Waals surface area contributed by atoms with Crippen LogP contribution < -0.4 is 0 Å². The van der Waals surface area contributed by atoms with Crippen molar-refractivity contribution in [3.05, 3.63) is 41.6 Å². The zero-order valence-electron chi connectivity index (χ0n) is 15.6. The number of hydrogen-bond acceptors (Lipinski definition) is 6. The van der Waals surface area contributed by atoms with E-state index in [1.807, 2.05) is 18.2 Å². The first-order valence-corrected chi connectivity index (χ1v) is 11.0. The molecule has 0 aliphatic heterocycles. The lowest BCUT2D eigenvalue weighted by Gasteiger charge is -2.36. The number of thioether (sulfide) groups is 1. The summed E-state index contributed by atoms with van der Waals surface area (Å²) in [5.74, 6) is 2.02. The molecule has 3 rings (SSSR count). The van der Waals surface area contributed by atoms with Gasteiger partial charge in [-0.2, -0.15) is 0 Å². The molecular weight excluding hydrogens is 364 g/mol. The summed E-state index contributed by atoms with van der Waals surface area (Å²) >= 11 is 2.87. The highest BCUT2D eigenvalue weighted by molar-refractivity contribution is 8.00. The van der Waals surface area contributed by atoms with Crippen LogP contribution in [0.25, 0.3) is 0 Å². The van der Waals surface area contributed by atoms with E-state index in [9.17, 15) is 4.79 Å². The monoisotopic (exact) mass is 390 g/mol. The van der Waals surface area contributed by atoms with Crippen LogP contribution >= 0.6 is 23.3 Å². The number of esters is 1. The summed E-state index contributed by atoms with van der Waals surface area (Å²) in [6.45, 7) is 6.67. The van der Waals surface area contributed by atoms with Crippen molar-refractivity contribution in [3.63, 3.8) is 0 Å². The van der Waals surface area contributed by atoms with E-state index in [2.05, 4.69) is 42.5 Å². The third-order valence-electron chi connectivity index (χ3n) is 5.08.